The molecule has 1 amide bonds. The maximum absolute atomic E-state index is 12.2. The number of benzene rings is 1. The van der Waals surface area contributed by atoms with E-state index in [9.17, 15) is 13.2 Å². The molecule has 1 saturated heterocycles. The first kappa shape index (κ1) is 18.7. The SMILES string of the molecule is CC(C)(C)OC(=O)N1CCC[C@@H]1COS(=O)(=O)Cc1ccccc1. The molecular formula is C17H25NO5S. The lowest BCUT2D eigenvalue weighted by Gasteiger charge is -2.28. The fourth-order valence-electron chi connectivity index (χ4n) is 2.57. The van der Waals surface area contributed by atoms with Crippen molar-refractivity contribution in [2.45, 2.75) is 51.0 Å². The van der Waals surface area contributed by atoms with E-state index in [1.807, 2.05) is 6.07 Å². The Hall–Kier alpha value is -1.60. The third-order valence-corrected chi connectivity index (χ3v) is 4.81. The number of rotatable bonds is 5. The van der Waals surface area contributed by atoms with E-state index < -0.39 is 21.8 Å². The van der Waals surface area contributed by atoms with E-state index >= 15 is 0 Å². The molecule has 2 rings (SSSR count). The monoisotopic (exact) mass is 355 g/mol. The van der Waals surface area contributed by atoms with Gasteiger partial charge in [-0.2, -0.15) is 8.42 Å². The molecule has 0 bridgehead atoms. The molecule has 1 heterocycles. The van der Waals surface area contributed by atoms with Crippen molar-refractivity contribution >= 4 is 16.2 Å². The second-order valence-corrected chi connectivity index (χ2v) is 8.58. The minimum atomic E-state index is -3.69. The van der Waals surface area contributed by atoms with Crippen molar-refractivity contribution in [2.75, 3.05) is 13.2 Å². The highest BCUT2D eigenvalue weighted by molar-refractivity contribution is 7.85. The van der Waals surface area contributed by atoms with Gasteiger partial charge in [0.25, 0.3) is 10.1 Å². The Bertz CT molecular complexity index is 651. The molecule has 0 aromatic heterocycles. The summed E-state index contributed by atoms with van der Waals surface area (Å²) in [6, 6.07) is 8.60. The van der Waals surface area contributed by atoms with Gasteiger partial charge in [-0.1, -0.05) is 30.3 Å². The fourth-order valence-corrected chi connectivity index (χ4v) is 3.62. The third kappa shape index (κ3) is 5.79. The highest BCUT2D eigenvalue weighted by Crippen LogP contribution is 2.22. The average molecular weight is 355 g/mol. The number of nitrogens with zero attached hydrogens (tertiary/aromatic N) is 1. The van der Waals surface area contributed by atoms with Gasteiger partial charge in [-0.05, 0) is 39.2 Å². The summed E-state index contributed by atoms with van der Waals surface area (Å²) in [5.41, 5.74) is 0.0951. The van der Waals surface area contributed by atoms with Crippen LogP contribution in [0.4, 0.5) is 4.79 Å². The molecule has 7 heteroatoms. The molecule has 134 valence electrons. The van der Waals surface area contributed by atoms with Gasteiger partial charge < -0.3 is 9.64 Å². The van der Waals surface area contributed by atoms with E-state index in [1.54, 1.807) is 49.9 Å². The summed E-state index contributed by atoms with van der Waals surface area (Å²) in [4.78, 5) is 13.7. The molecule has 1 fully saturated rings. The molecule has 1 aromatic rings. The predicted octanol–water partition coefficient (Wildman–Crippen LogP) is 2.93. The van der Waals surface area contributed by atoms with Crippen molar-refractivity contribution in [1.82, 2.24) is 4.90 Å². The normalized spacial score (nSPS) is 18.6. The molecule has 1 aliphatic rings. The molecule has 0 saturated carbocycles. The maximum Gasteiger partial charge on any atom is 0.410 e. The summed E-state index contributed by atoms with van der Waals surface area (Å²) in [5.74, 6) is -0.174. The number of hydrogen-bond donors (Lipinski definition) is 0. The first-order valence-corrected chi connectivity index (χ1v) is 9.65. The zero-order valence-corrected chi connectivity index (χ0v) is 15.2. The molecule has 6 nitrogen and oxygen atoms in total. The smallest absolute Gasteiger partial charge is 0.410 e. The summed E-state index contributed by atoms with van der Waals surface area (Å²) < 4.78 is 34.7. The first-order chi connectivity index (χ1) is 11.2. The van der Waals surface area contributed by atoms with Gasteiger partial charge in [0.15, 0.2) is 0 Å². The quantitative estimate of drug-likeness (QED) is 0.759. The van der Waals surface area contributed by atoms with Gasteiger partial charge >= 0.3 is 6.09 Å². The molecule has 1 atom stereocenters. The molecule has 0 spiro atoms. The van der Waals surface area contributed by atoms with Crippen molar-refractivity contribution in [3.05, 3.63) is 35.9 Å². The molecule has 0 aliphatic carbocycles. The number of carbonyl (C=O) groups excluding carboxylic acids is 1. The summed E-state index contributed by atoms with van der Waals surface area (Å²) >= 11 is 0. The Morgan fingerprint density at radius 3 is 2.54 bits per heavy atom. The zero-order chi connectivity index (χ0) is 17.8. The second kappa shape index (κ2) is 7.53. The second-order valence-electron chi connectivity index (χ2n) is 6.94. The van der Waals surface area contributed by atoms with E-state index in [1.165, 1.54) is 0 Å². The van der Waals surface area contributed by atoms with Crippen LogP contribution in [0.3, 0.4) is 0 Å². The summed E-state index contributed by atoms with van der Waals surface area (Å²) in [5, 5.41) is 0. The number of amides is 1. The van der Waals surface area contributed by atoms with E-state index in [0.717, 1.165) is 6.42 Å². The highest BCUT2D eigenvalue weighted by Gasteiger charge is 2.33. The number of hydrogen-bond acceptors (Lipinski definition) is 5. The molecule has 24 heavy (non-hydrogen) atoms. The van der Waals surface area contributed by atoms with Gasteiger partial charge in [0.1, 0.15) is 11.4 Å². The van der Waals surface area contributed by atoms with Crippen LogP contribution in [0.5, 0.6) is 0 Å². The minimum Gasteiger partial charge on any atom is -0.444 e. The molecule has 0 N–H and O–H groups in total. The number of ether oxygens (including phenoxy) is 1. The Kier molecular flexibility index (Phi) is 5.87. The fraction of sp³-hybridized carbons (Fsp3) is 0.588. The van der Waals surface area contributed by atoms with Crippen LogP contribution in [0, 0.1) is 0 Å². The predicted molar refractivity (Wildman–Crippen MR) is 91.0 cm³/mol. The topological polar surface area (TPSA) is 72.9 Å². The lowest BCUT2D eigenvalue weighted by Crippen LogP contribution is -2.42. The summed E-state index contributed by atoms with van der Waals surface area (Å²) in [6.07, 6.45) is 1.10. The van der Waals surface area contributed by atoms with E-state index in [2.05, 4.69) is 0 Å². The average Bonchev–Trinajstić information content (AvgIpc) is 2.93. The standard InChI is InChI=1S/C17H25NO5S/c1-17(2,3)23-16(19)18-11-7-10-15(18)12-22-24(20,21)13-14-8-5-4-6-9-14/h4-6,8-9,15H,7,10-13H2,1-3H3/t15-/m1/s1. The Balaban J connectivity index is 1.91. The largest absolute Gasteiger partial charge is 0.444 e. The Morgan fingerprint density at radius 1 is 1.25 bits per heavy atom. The van der Waals surface area contributed by atoms with E-state index in [0.29, 0.717) is 18.5 Å². The lowest BCUT2D eigenvalue weighted by molar-refractivity contribution is 0.0189. The van der Waals surface area contributed by atoms with Crippen LogP contribution in [-0.2, 0) is 24.8 Å². The highest BCUT2D eigenvalue weighted by atomic mass is 32.2. The lowest BCUT2D eigenvalue weighted by atomic mass is 10.2. The maximum atomic E-state index is 12.2. The van der Waals surface area contributed by atoms with E-state index in [4.69, 9.17) is 8.92 Å². The van der Waals surface area contributed by atoms with Gasteiger partial charge in [-0.25, -0.2) is 4.79 Å². The third-order valence-electron chi connectivity index (χ3n) is 3.63. The molecule has 0 unspecified atom stereocenters. The number of likely N-dealkylation sites (tertiary alicyclic amines) is 1. The molecular weight excluding hydrogens is 330 g/mol. The molecule has 0 radical (unpaired) electrons. The zero-order valence-electron chi connectivity index (χ0n) is 14.4. The van der Waals surface area contributed by atoms with Crippen molar-refractivity contribution in [3.63, 3.8) is 0 Å². The minimum absolute atomic E-state index is 0.0333. The van der Waals surface area contributed by atoms with Crippen molar-refractivity contribution in [3.8, 4) is 0 Å². The first-order valence-electron chi connectivity index (χ1n) is 8.07. The number of carbonyl (C=O) groups is 1. The van der Waals surface area contributed by atoms with Crippen LogP contribution in [-0.4, -0.2) is 44.2 Å². The molecule has 1 aliphatic heterocycles. The van der Waals surface area contributed by atoms with Gasteiger partial charge in [0.05, 0.1) is 12.6 Å². The van der Waals surface area contributed by atoms with E-state index in [-0.39, 0.29) is 18.4 Å². The van der Waals surface area contributed by atoms with Crippen LogP contribution in [0.25, 0.3) is 0 Å². The van der Waals surface area contributed by atoms with Crippen LogP contribution < -0.4 is 0 Å². The van der Waals surface area contributed by atoms with Gasteiger partial charge in [-0.15, -0.1) is 0 Å². The Labute approximate surface area is 143 Å². The van der Waals surface area contributed by atoms with Gasteiger partial charge in [-0.3, -0.25) is 4.18 Å². The van der Waals surface area contributed by atoms with Crippen LogP contribution >= 0.6 is 0 Å². The summed E-state index contributed by atoms with van der Waals surface area (Å²) in [7, 11) is -3.69. The van der Waals surface area contributed by atoms with Crippen LogP contribution in [0.1, 0.15) is 39.2 Å². The van der Waals surface area contributed by atoms with Crippen molar-refractivity contribution < 1.29 is 22.1 Å². The van der Waals surface area contributed by atoms with Gasteiger partial charge in [0.2, 0.25) is 0 Å². The Morgan fingerprint density at radius 2 is 1.92 bits per heavy atom. The van der Waals surface area contributed by atoms with Crippen LogP contribution in [0.2, 0.25) is 0 Å². The summed E-state index contributed by atoms with van der Waals surface area (Å²) in [6.45, 7) is 5.93. The molecule has 1 aromatic carbocycles. The van der Waals surface area contributed by atoms with Crippen LogP contribution in [0.15, 0.2) is 30.3 Å². The van der Waals surface area contributed by atoms with Gasteiger partial charge in [0, 0.05) is 6.54 Å². The van der Waals surface area contributed by atoms with Crippen molar-refractivity contribution in [1.29, 1.82) is 0 Å². The van der Waals surface area contributed by atoms with Crippen molar-refractivity contribution in [2.24, 2.45) is 0 Å².